The van der Waals surface area contributed by atoms with Crippen molar-refractivity contribution >= 4 is 44.2 Å². The number of alkyl halides is 6. The van der Waals surface area contributed by atoms with Crippen LogP contribution in [0.25, 0.3) is 21.5 Å². The highest BCUT2D eigenvalue weighted by Crippen LogP contribution is 2.38. The molecular weight excluding hydrogens is 568 g/mol. The van der Waals surface area contributed by atoms with E-state index in [1.165, 1.54) is 24.5 Å². The average molecular weight is 585 g/mol. The highest BCUT2D eigenvalue weighted by molar-refractivity contribution is 7.22. The van der Waals surface area contributed by atoms with Crippen molar-refractivity contribution in [2.45, 2.75) is 12.4 Å². The molecule has 0 unspecified atom stereocenters. The number of anilines is 2. The SMILES string of the molecule is CN(C)c1cc(Oc2cc(-c3ccc(C(F)(F)F)cc3)ncn2)c2nc(NC(=O)COC(=O)C(F)(F)F)sc2c1. The number of nitrogens with one attached hydrogen (secondary N) is 1. The summed E-state index contributed by atoms with van der Waals surface area (Å²) in [6, 6.07) is 9.16. The van der Waals surface area contributed by atoms with Crippen LogP contribution in [-0.2, 0) is 20.5 Å². The number of carbonyl (C=O) groups excluding carboxylic acids is 2. The summed E-state index contributed by atoms with van der Waals surface area (Å²) in [4.78, 5) is 37.0. The molecule has 2 heterocycles. The predicted molar refractivity (Wildman–Crippen MR) is 132 cm³/mol. The van der Waals surface area contributed by atoms with Crippen LogP contribution in [0.4, 0.5) is 37.2 Å². The molecule has 2 aromatic heterocycles. The Morgan fingerprint density at radius 3 is 2.33 bits per heavy atom. The van der Waals surface area contributed by atoms with Crippen LogP contribution in [-0.4, -0.2) is 53.7 Å². The number of rotatable bonds is 7. The Balaban J connectivity index is 1.59. The van der Waals surface area contributed by atoms with Gasteiger partial charge in [-0.3, -0.25) is 10.1 Å². The molecule has 0 bridgehead atoms. The molecule has 0 saturated heterocycles. The topological polar surface area (TPSA) is 107 Å². The van der Waals surface area contributed by atoms with E-state index in [1.807, 2.05) is 0 Å². The first-order chi connectivity index (χ1) is 18.7. The zero-order valence-corrected chi connectivity index (χ0v) is 21.2. The minimum absolute atomic E-state index is 0.00283. The summed E-state index contributed by atoms with van der Waals surface area (Å²) in [5.74, 6) is -3.30. The number of benzene rings is 2. The Morgan fingerprint density at radius 2 is 1.70 bits per heavy atom. The molecule has 1 amide bonds. The highest BCUT2D eigenvalue weighted by atomic mass is 32.1. The first kappa shape index (κ1) is 28.5. The van der Waals surface area contributed by atoms with Gasteiger partial charge in [-0.2, -0.15) is 26.3 Å². The summed E-state index contributed by atoms with van der Waals surface area (Å²) in [5.41, 5.74) is 0.804. The monoisotopic (exact) mass is 585 g/mol. The molecule has 0 aliphatic heterocycles. The summed E-state index contributed by atoms with van der Waals surface area (Å²) < 4.78 is 85.9. The van der Waals surface area contributed by atoms with Crippen molar-refractivity contribution in [3.05, 3.63) is 54.4 Å². The fourth-order valence-corrected chi connectivity index (χ4v) is 4.17. The number of halogens is 6. The van der Waals surface area contributed by atoms with Gasteiger partial charge in [-0.1, -0.05) is 23.5 Å². The van der Waals surface area contributed by atoms with Crippen molar-refractivity contribution in [3.63, 3.8) is 0 Å². The molecule has 0 fully saturated rings. The minimum Gasteiger partial charge on any atom is -0.449 e. The predicted octanol–water partition coefficient (Wildman–Crippen LogP) is 5.67. The number of thiazole rings is 1. The van der Waals surface area contributed by atoms with Crippen molar-refractivity contribution < 1.29 is 45.4 Å². The number of aromatic nitrogens is 3. The van der Waals surface area contributed by atoms with E-state index in [9.17, 15) is 35.9 Å². The number of fused-ring (bicyclic) bond motifs is 1. The lowest BCUT2D eigenvalue weighted by molar-refractivity contribution is -0.199. The van der Waals surface area contributed by atoms with E-state index in [4.69, 9.17) is 4.74 Å². The molecule has 0 spiro atoms. The maximum atomic E-state index is 12.9. The third-order valence-electron chi connectivity index (χ3n) is 5.14. The van der Waals surface area contributed by atoms with E-state index in [1.54, 1.807) is 31.1 Å². The van der Waals surface area contributed by atoms with E-state index in [2.05, 4.69) is 25.0 Å². The zero-order valence-electron chi connectivity index (χ0n) is 20.4. The molecule has 4 rings (SSSR count). The number of hydrogen-bond acceptors (Lipinski definition) is 9. The lowest BCUT2D eigenvalue weighted by Gasteiger charge is -2.14. The van der Waals surface area contributed by atoms with Crippen LogP contribution in [0.1, 0.15) is 5.56 Å². The van der Waals surface area contributed by atoms with Gasteiger partial charge in [0.1, 0.15) is 11.8 Å². The Bertz CT molecular complexity index is 1550. The summed E-state index contributed by atoms with van der Waals surface area (Å²) in [5, 5.41) is 2.27. The number of esters is 1. The number of ether oxygens (including phenoxy) is 2. The molecule has 0 atom stereocenters. The van der Waals surface area contributed by atoms with Crippen molar-refractivity contribution in [1.29, 1.82) is 0 Å². The third kappa shape index (κ3) is 6.74. The molecule has 40 heavy (non-hydrogen) atoms. The second-order valence-electron chi connectivity index (χ2n) is 8.24. The largest absolute Gasteiger partial charge is 0.490 e. The van der Waals surface area contributed by atoms with Crippen LogP contribution in [0.5, 0.6) is 11.6 Å². The van der Waals surface area contributed by atoms with E-state index >= 15 is 0 Å². The van der Waals surface area contributed by atoms with Gasteiger partial charge in [-0.25, -0.2) is 19.7 Å². The van der Waals surface area contributed by atoms with E-state index in [-0.39, 0.29) is 22.3 Å². The number of amides is 1. The zero-order chi connectivity index (χ0) is 29.2. The van der Waals surface area contributed by atoms with Crippen LogP contribution in [0.15, 0.2) is 48.8 Å². The summed E-state index contributed by atoms with van der Waals surface area (Å²) >= 11 is 0.988. The van der Waals surface area contributed by atoms with Crippen molar-refractivity contribution in [1.82, 2.24) is 15.0 Å². The summed E-state index contributed by atoms with van der Waals surface area (Å²) in [6.45, 7) is -1.17. The number of hydrogen-bond donors (Lipinski definition) is 1. The highest BCUT2D eigenvalue weighted by Gasteiger charge is 2.41. The first-order valence-corrected chi connectivity index (χ1v) is 11.9. The fourth-order valence-electron chi connectivity index (χ4n) is 3.24. The molecule has 2 aromatic carbocycles. The van der Waals surface area contributed by atoms with Gasteiger partial charge in [-0.05, 0) is 18.2 Å². The van der Waals surface area contributed by atoms with Gasteiger partial charge in [0.2, 0.25) is 5.88 Å². The van der Waals surface area contributed by atoms with E-state index in [0.717, 1.165) is 23.5 Å². The van der Waals surface area contributed by atoms with Gasteiger partial charge in [0.25, 0.3) is 5.91 Å². The Hall–Kier alpha value is -4.47. The second kappa shape index (κ2) is 11.0. The van der Waals surface area contributed by atoms with Crippen LogP contribution in [0.3, 0.4) is 0 Å². The van der Waals surface area contributed by atoms with Crippen molar-refractivity contribution in [2.75, 3.05) is 30.9 Å². The molecule has 0 aliphatic carbocycles. The summed E-state index contributed by atoms with van der Waals surface area (Å²) in [7, 11) is 3.52. The molecule has 16 heteroatoms. The Kier molecular flexibility index (Phi) is 7.81. The Morgan fingerprint density at radius 1 is 1.00 bits per heavy atom. The molecule has 0 radical (unpaired) electrons. The van der Waals surface area contributed by atoms with Gasteiger partial charge in [-0.15, -0.1) is 0 Å². The van der Waals surface area contributed by atoms with Crippen LogP contribution in [0, 0.1) is 0 Å². The van der Waals surface area contributed by atoms with Crippen molar-refractivity contribution in [2.24, 2.45) is 0 Å². The lowest BCUT2D eigenvalue weighted by Crippen LogP contribution is -2.29. The number of carbonyl (C=O) groups is 2. The maximum absolute atomic E-state index is 12.9. The van der Waals surface area contributed by atoms with Crippen LogP contribution in [0.2, 0.25) is 0 Å². The smallest absolute Gasteiger partial charge is 0.449 e. The molecule has 0 saturated carbocycles. The molecule has 210 valence electrons. The van der Waals surface area contributed by atoms with Gasteiger partial charge in [0.15, 0.2) is 17.5 Å². The van der Waals surface area contributed by atoms with E-state index < -0.39 is 36.4 Å². The van der Waals surface area contributed by atoms with Gasteiger partial charge in [0.05, 0.1) is 16.0 Å². The summed E-state index contributed by atoms with van der Waals surface area (Å²) in [6.07, 6.45) is -8.55. The van der Waals surface area contributed by atoms with Crippen LogP contribution < -0.4 is 15.0 Å². The standard InChI is InChI=1S/C24H17F6N5O4S/c1-35(2)14-7-16(20-17(8-14)40-22(34-20)33-18(36)10-38-21(37)24(28,29)30)39-19-9-15(31-11-32-19)12-3-5-13(6-4-12)23(25,26)27/h3-9,11H,10H2,1-2H3,(H,33,34,36). The quantitative estimate of drug-likeness (QED) is 0.218. The second-order valence-corrected chi connectivity index (χ2v) is 9.28. The average Bonchev–Trinajstić information content (AvgIpc) is 3.29. The molecule has 1 N–H and O–H groups in total. The Labute approximate surface area is 225 Å². The van der Waals surface area contributed by atoms with Gasteiger partial charge < -0.3 is 14.4 Å². The molecule has 4 aromatic rings. The first-order valence-electron chi connectivity index (χ1n) is 11.0. The van der Waals surface area contributed by atoms with Gasteiger partial charge >= 0.3 is 18.3 Å². The van der Waals surface area contributed by atoms with Gasteiger partial charge in [0, 0.05) is 37.5 Å². The normalized spacial score (nSPS) is 11.8. The molecule has 0 aliphatic rings. The minimum atomic E-state index is -5.24. The van der Waals surface area contributed by atoms with Crippen LogP contribution >= 0.6 is 11.3 Å². The fraction of sp³-hybridized carbons (Fsp3) is 0.208. The lowest BCUT2D eigenvalue weighted by atomic mass is 10.1. The molecular formula is C24H17F6N5O4S. The third-order valence-corrected chi connectivity index (χ3v) is 6.06. The molecule has 9 nitrogen and oxygen atoms in total. The van der Waals surface area contributed by atoms with E-state index in [0.29, 0.717) is 21.6 Å². The van der Waals surface area contributed by atoms with Crippen molar-refractivity contribution in [3.8, 4) is 22.9 Å². The maximum Gasteiger partial charge on any atom is 0.490 e. The number of nitrogens with zero attached hydrogens (tertiary/aromatic N) is 4.